The summed E-state index contributed by atoms with van der Waals surface area (Å²) in [7, 11) is 0. The zero-order valence-electron chi connectivity index (χ0n) is 18.2. The van der Waals surface area contributed by atoms with Gasteiger partial charge in [-0.15, -0.1) is 6.58 Å². The smallest absolute Gasteiger partial charge is 0.421 e. The second-order valence-electron chi connectivity index (χ2n) is 8.73. The van der Waals surface area contributed by atoms with Crippen molar-refractivity contribution in [3.05, 3.63) is 86.9 Å². The minimum absolute atomic E-state index is 0.118. The topological polar surface area (TPSA) is 89.8 Å². The molecule has 0 saturated heterocycles. The van der Waals surface area contributed by atoms with E-state index in [-0.39, 0.29) is 6.42 Å². The molecule has 1 aliphatic rings. The van der Waals surface area contributed by atoms with Gasteiger partial charge in [0.25, 0.3) is 0 Å². The van der Waals surface area contributed by atoms with Gasteiger partial charge in [0.05, 0.1) is 17.0 Å². The summed E-state index contributed by atoms with van der Waals surface area (Å²) in [5, 5.41) is 11.7. The third-order valence-corrected chi connectivity index (χ3v) is 5.92. The first kappa shape index (κ1) is 23.7. The average molecular weight is 501 g/mol. The molecule has 168 valence electrons. The molecule has 0 fully saturated rings. The van der Waals surface area contributed by atoms with Gasteiger partial charge in [0.1, 0.15) is 5.60 Å². The minimum atomic E-state index is -1.39. The Morgan fingerprint density at radius 1 is 1.28 bits per heavy atom. The molecule has 2 amide bonds. The molecule has 7 nitrogen and oxygen atoms in total. The largest absolute Gasteiger partial charge is 0.443 e. The molecule has 0 aliphatic carbocycles. The molecule has 2 atom stereocenters. The number of carbonyl (C=O) groups excluding carboxylic acids is 2. The van der Waals surface area contributed by atoms with Crippen molar-refractivity contribution in [3.63, 3.8) is 0 Å². The maximum atomic E-state index is 14.0. The van der Waals surface area contributed by atoms with Gasteiger partial charge in [0.2, 0.25) is 12.5 Å². The van der Waals surface area contributed by atoms with Gasteiger partial charge in [-0.2, -0.15) is 0 Å². The average Bonchev–Trinajstić information content (AvgIpc) is 2.94. The predicted molar refractivity (Wildman–Crippen MR) is 125 cm³/mol. The van der Waals surface area contributed by atoms with Crippen molar-refractivity contribution in [2.45, 2.75) is 44.1 Å². The standard InChI is InChI=1S/C24H25BrN2O5/c1-5-13-24(19(15-26(30)31)16-9-8-10-17(25)14-16)18-11-6-7-12-20(18)27(21(24)28)22(29)32-23(2,3)4/h5-12,14,19H,1,13,15H2,2-4H3/t19-,24-/m0/s1. The number of amides is 2. The van der Waals surface area contributed by atoms with Crippen molar-refractivity contribution in [3.8, 4) is 0 Å². The summed E-state index contributed by atoms with van der Waals surface area (Å²) in [6.45, 7) is 8.46. The Labute approximate surface area is 195 Å². The van der Waals surface area contributed by atoms with Gasteiger partial charge in [-0.25, -0.2) is 9.69 Å². The summed E-state index contributed by atoms with van der Waals surface area (Å²) in [6, 6.07) is 14.0. The predicted octanol–water partition coefficient (Wildman–Crippen LogP) is 5.61. The highest BCUT2D eigenvalue weighted by Crippen LogP contribution is 2.52. The van der Waals surface area contributed by atoms with Crippen molar-refractivity contribution >= 4 is 33.6 Å². The van der Waals surface area contributed by atoms with Crippen molar-refractivity contribution < 1.29 is 19.2 Å². The third-order valence-electron chi connectivity index (χ3n) is 5.43. The quantitative estimate of drug-likeness (QED) is 0.292. The lowest BCUT2D eigenvalue weighted by Crippen LogP contribution is -2.49. The van der Waals surface area contributed by atoms with E-state index in [1.807, 2.05) is 6.07 Å². The van der Waals surface area contributed by atoms with Crippen LogP contribution in [0.5, 0.6) is 0 Å². The number of anilines is 1. The number of nitrogens with zero attached hydrogens (tertiary/aromatic N) is 2. The number of benzene rings is 2. The van der Waals surface area contributed by atoms with E-state index in [2.05, 4.69) is 22.5 Å². The molecular weight excluding hydrogens is 476 g/mol. The van der Waals surface area contributed by atoms with Crippen molar-refractivity contribution in [2.75, 3.05) is 11.4 Å². The number of hydrogen-bond acceptors (Lipinski definition) is 5. The molecule has 2 aromatic rings. The first-order valence-electron chi connectivity index (χ1n) is 10.2. The molecule has 0 unspecified atom stereocenters. The Balaban J connectivity index is 2.27. The van der Waals surface area contributed by atoms with Gasteiger partial charge in [-0.05, 0) is 56.5 Å². The number of hydrogen-bond donors (Lipinski definition) is 0. The molecule has 0 bridgehead atoms. The van der Waals surface area contributed by atoms with Crippen LogP contribution in [0.2, 0.25) is 0 Å². The molecule has 0 spiro atoms. The molecule has 1 aliphatic heterocycles. The van der Waals surface area contributed by atoms with Gasteiger partial charge in [0, 0.05) is 9.40 Å². The van der Waals surface area contributed by atoms with Crippen molar-refractivity contribution in [1.82, 2.24) is 0 Å². The number of fused-ring (bicyclic) bond motifs is 1. The molecule has 3 rings (SSSR count). The highest BCUT2D eigenvalue weighted by molar-refractivity contribution is 9.10. The maximum absolute atomic E-state index is 14.0. The Hall–Kier alpha value is -3.00. The van der Waals surface area contributed by atoms with E-state index in [9.17, 15) is 19.7 Å². The Kier molecular flexibility index (Phi) is 6.55. The Bertz CT molecular complexity index is 1080. The van der Waals surface area contributed by atoms with Crippen LogP contribution in [0.4, 0.5) is 10.5 Å². The van der Waals surface area contributed by atoms with E-state index >= 15 is 0 Å². The number of rotatable bonds is 6. The third kappa shape index (κ3) is 4.32. The van der Waals surface area contributed by atoms with Crippen LogP contribution in [0.15, 0.2) is 65.7 Å². The molecule has 2 aromatic carbocycles. The lowest BCUT2D eigenvalue weighted by Gasteiger charge is -2.34. The molecule has 0 saturated carbocycles. The van der Waals surface area contributed by atoms with Gasteiger partial charge >= 0.3 is 6.09 Å². The normalized spacial score (nSPS) is 18.8. The lowest BCUT2D eigenvalue weighted by molar-refractivity contribution is -0.485. The fourth-order valence-corrected chi connectivity index (χ4v) is 4.70. The summed E-state index contributed by atoms with van der Waals surface area (Å²) < 4.78 is 6.24. The Morgan fingerprint density at radius 2 is 1.97 bits per heavy atom. The molecule has 32 heavy (non-hydrogen) atoms. The van der Waals surface area contributed by atoms with Crippen LogP contribution in [-0.2, 0) is 14.9 Å². The van der Waals surface area contributed by atoms with E-state index < -0.39 is 40.4 Å². The van der Waals surface area contributed by atoms with Crippen LogP contribution < -0.4 is 4.90 Å². The fraction of sp³-hybridized carbons (Fsp3) is 0.333. The summed E-state index contributed by atoms with van der Waals surface area (Å²) >= 11 is 3.42. The second kappa shape index (κ2) is 8.86. The minimum Gasteiger partial charge on any atom is -0.443 e. The number of ether oxygens (including phenoxy) is 1. The van der Waals surface area contributed by atoms with E-state index in [4.69, 9.17) is 4.74 Å². The van der Waals surface area contributed by atoms with Crippen molar-refractivity contribution in [2.24, 2.45) is 0 Å². The zero-order chi connectivity index (χ0) is 23.7. The van der Waals surface area contributed by atoms with Crippen LogP contribution in [0.3, 0.4) is 0 Å². The Morgan fingerprint density at radius 3 is 2.56 bits per heavy atom. The highest BCUT2D eigenvalue weighted by atomic mass is 79.9. The van der Waals surface area contributed by atoms with Crippen LogP contribution in [0, 0.1) is 10.1 Å². The lowest BCUT2D eigenvalue weighted by atomic mass is 9.66. The molecule has 0 aromatic heterocycles. The van der Waals surface area contributed by atoms with Crippen LogP contribution in [0.25, 0.3) is 0 Å². The van der Waals surface area contributed by atoms with E-state index in [1.54, 1.807) is 69.3 Å². The number of para-hydroxylation sites is 1. The van der Waals surface area contributed by atoms with E-state index in [1.165, 1.54) is 0 Å². The highest BCUT2D eigenvalue weighted by Gasteiger charge is 2.58. The summed E-state index contributed by atoms with van der Waals surface area (Å²) in [4.78, 5) is 39.4. The number of halogens is 1. The number of allylic oxidation sites excluding steroid dienone is 1. The summed E-state index contributed by atoms with van der Waals surface area (Å²) in [5.41, 5.74) is -0.671. The molecule has 0 radical (unpaired) electrons. The number of carbonyl (C=O) groups is 2. The monoisotopic (exact) mass is 500 g/mol. The molecule has 1 heterocycles. The molecular formula is C24H25BrN2O5. The first-order valence-corrected chi connectivity index (χ1v) is 11.0. The van der Waals surface area contributed by atoms with Crippen LogP contribution >= 0.6 is 15.9 Å². The van der Waals surface area contributed by atoms with Gasteiger partial charge in [0.15, 0.2) is 0 Å². The zero-order valence-corrected chi connectivity index (χ0v) is 19.8. The second-order valence-corrected chi connectivity index (χ2v) is 9.64. The van der Waals surface area contributed by atoms with Crippen LogP contribution in [-0.4, -0.2) is 29.1 Å². The van der Waals surface area contributed by atoms with E-state index in [0.717, 1.165) is 9.37 Å². The number of imide groups is 1. The number of nitro groups is 1. The fourth-order valence-electron chi connectivity index (χ4n) is 4.28. The maximum Gasteiger partial charge on any atom is 0.421 e. The van der Waals surface area contributed by atoms with Gasteiger partial charge < -0.3 is 4.74 Å². The molecule has 8 heteroatoms. The summed E-state index contributed by atoms with van der Waals surface area (Å²) in [6.07, 6.45) is 0.876. The first-order chi connectivity index (χ1) is 15.0. The summed E-state index contributed by atoms with van der Waals surface area (Å²) in [5.74, 6) is -1.39. The molecule has 0 N–H and O–H groups in total. The van der Waals surface area contributed by atoms with Gasteiger partial charge in [-0.3, -0.25) is 14.9 Å². The van der Waals surface area contributed by atoms with Gasteiger partial charge in [-0.1, -0.05) is 52.3 Å². The van der Waals surface area contributed by atoms with E-state index in [0.29, 0.717) is 16.8 Å². The SMILES string of the molecule is C=CC[C@]1([C@@H](C[N+](=O)[O-])c2cccc(Br)c2)C(=O)N(C(=O)OC(C)(C)C)c2ccccc21. The van der Waals surface area contributed by atoms with Crippen molar-refractivity contribution in [1.29, 1.82) is 0 Å². The van der Waals surface area contributed by atoms with Crippen LogP contribution in [0.1, 0.15) is 44.2 Å².